The van der Waals surface area contributed by atoms with E-state index in [1.165, 1.54) is 0 Å². The van der Waals surface area contributed by atoms with Gasteiger partial charge in [0.05, 0.1) is 0 Å². The Kier molecular flexibility index (Phi) is 7.99. The summed E-state index contributed by atoms with van der Waals surface area (Å²) in [6, 6.07) is -1.58. The molecule has 0 aromatic carbocycles. The Morgan fingerprint density at radius 2 is 1.71 bits per heavy atom. The molecular formula is C11H21NO4S. The molecule has 0 fully saturated rings. The molecule has 0 aliphatic heterocycles. The van der Waals surface area contributed by atoms with E-state index in [1.807, 2.05) is 20.1 Å². The highest BCUT2D eigenvalue weighted by atomic mass is 32.2. The molecule has 100 valence electrons. The first-order valence-electron chi connectivity index (χ1n) is 5.59. The summed E-state index contributed by atoms with van der Waals surface area (Å²) in [5, 5.41) is 20.7. The van der Waals surface area contributed by atoms with Gasteiger partial charge in [-0.2, -0.15) is 11.8 Å². The fourth-order valence-corrected chi connectivity index (χ4v) is 1.94. The van der Waals surface area contributed by atoms with Gasteiger partial charge in [-0.05, 0) is 30.8 Å². The topological polar surface area (TPSA) is 86.6 Å². The van der Waals surface area contributed by atoms with Crippen LogP contribution in [0.25, 0.3) is 0 Å². The third-order valence-electron chi connectivity index (χ3n) is 2.32. The van der Waals surface area contributed by atoms with Crippen LogP contribution in [0.15, 0.2) is 0 Å². The van der Waals surface area contributed by atoms with Gasteiger partial charge in [0.15, 0.2) is 0 Å². The number of aliphatic carboxylic acids is 2. The lowest BCUT2D eigenvalue weighted by molar-refractivity contribution is -0.142. The molecule has 6 heteroatoms. The minimum Gasteiger partial charge on any atom is -0.480 e. The Morgan fingerprint density at radius 1 is 1.18 bits per heavy atom. The number of carbonyl (C=O) groups is 2. The van der Waals surface area contributed by atoms with Gasteiger partial charge >= 0.3 is 11.9 Å². The third-order valence-corrected chi connectivity index (χ3v) is 2.96. The van der Waals surface area contributed by atoms with Crippen molar-refractivity contribution in [3.8, 4) is 0 Å². The van der Waals surface area contributed by atoms with Crippen LogP contribution in [0.2, 0.25) is 0 Å². The number of rotatable bonds is 9. The molecule has 0 aromatic heterocycles. The van der Waals surface area contributed by atoms with Crippen molar-refractivity contribution in [2.45, 2.75) is 38.8 Å². The second-order valence-electron chi connectivity index (χ2n) is 4.36. The monoisotopic (exact) mass is 263 g/mol. The van der Waals surface area contributed by atoms with Crippen LogP contribution < -0.4 is 5.32 Å². The highest BCUT2D eigenvalue weighted by molar-refractivity contribution is 7.98. The summed E-state index contributed by atoms with van der Waals surface area (Å²) in [5.74, 6) is -1.08. The summed E-state index contributed by atoms with van der Waals surface area (Å²) >= 11 is 1.55. The average Bonchev–Trinajstić information content (AvgIpc) is 2.21. The van der Waals surface area contributed by atoms with Gasteiger partial charge in [-0.15, -0.1) is 0 Å². The van der Waals surface area contributed by atoms with Crippen molar-refractivity contribution in [2.24, 2.45) is 5.92 Å². The molecule has 3 N–H and O–H groups in total. The zero-order valence-corrected chi connectivity index (χ0v) is 11.3. The van der Waals surface area contributed by atoms with Gasteiger partial charge in [0.2, 0.25) is 0 Å². The fraction of sp³-hybridized carbons (Fsp3) is 0.818. The van der Waals surface area contributed by atoms with Crippen LogP contribution in [0.3, 0.4) is 0 Å². The van der Waals surface area contributed by atoms with E-state index in [1.54, 1.807) is 11.8 Å². The second-order valence-corrected chi connectivity index (χ2v) is 5.34. The van der Waals surface area contributed by atoms with E-state index in [0.717, 1.165) is 0 Å². The van der Waals surface area contributed by atoms with Gasteiger partial charge in [0.25, 0.3) is 0 Å². The Bertz CT molecular complexity index is 258. The van der Waals surface area contributed by atoms with E-state index in [4.69, 9.17) is 10.2 Å². The molecule has 0 bridgehead atoms. The van der Waals surface area contributed by atoms with Gasteiger partial charge in [-0.3, -0.25) is 14.9 Å². The summed E-state index contributed by atoms with van der Waals surface area (Å²) in [6.45, 7) is 3.82. The quantitative estimate of drug-likeness (QED) is 0.581. The van der Waals surface area contributed by atoms with E-state index in [0.29, 0.717) is 18.6 Å². The summed E-state index contributed by atoms with van der Waals surface area (Å²) in [7, 11) is 0. The van der Waals surface area contributed by atoms with Gasteiger partial charge in [0, 0.05) is 0 Å². The van der Waals surface area contributed by atoms with Crippen molar-refractivity contribution in [3.63, 3.8) is 0 Å². The molecule has 1 unspecified atom stereocenters. The van der Waals surface area contributed by atoms with Crippen LogP contribution in [0, 0.1) is 5.92 Å². The zero-order valence-electron chi connectivity index (χ0n) is 10.5. The molecule has 0 radical (unpaired) electrons. The lowest BCUT2D eigenvalue weighted by Crippen LogP contribution is -2.48. The van der Waals surface area contributed by atoms with E-state index in [-0.39, 0.29) is 5.92 Å². The first-order valence-corrected chi connectivity index (χ1v) is 6.98. The largest absolute Gasteiger partial charge is 0.480 e. The standard InChI is InChI=1S/C11H21NO4S/c1-7(2)6-9(11(15)16)12-8(10(13)14)4-5-17-3/h7-9,12H,4-6H2,1-3H3,(H,13,14)(H,15,16)/t8-,9?/m0/s1. The van der Waals surface area contributed by atoms with Crippen molar-refractivity contribution in [1.29, 1.82) is 0 Å². The predicted molar refractivity (Wildman–Crippen MR) is 68.4 cm³/mol. The van der Waals surface area contributed by atoms with Gasteiger partial charge < -0.3 is 10.2 Å². The SMILES string of the molecule is CSCC[C@H](NC(CC(C)C)C(=O)O)C(=O)O. The minimum atomic E-state index is -0.992. The molecule has 0 heterocycles. The molecule has 17 heavy (non-hydrogen) atoms. The van der Waals surface area contributed by atoms with Crippen LogP contribution in [0.1, 0.15) is 26.7 Å². The highest BCUT2D eigenvalue weighted by Gasteiger charge is 2.25. The minimum absolute atomic E-state index is 0.207. The molecule has 0 saturated heterocycles. The Morgan fingerprint density at radius 3 is 2.06 bits per heavy atom. The number of nitrogens with one attached hydrogen (secondary N) is 1. The van der Waals surface area contributed by atoms with Gasteiger partial charge in [-0.25, -0.2) is 0 Å². The first kappa shape index (κ1) is 16.2. The molecule has 5 nitrogen and oxygen atoms in total. The van der Waals surface area contributed by atoms with Gasteiger partial charge in [-0.1, -0.05) is 13.8 Å². The van der Waals surface area contributed by atoms with Crippen LogP contribution in [0.4, 0.5) is 0 Å². The lowest BCUT2D eigenvalue weighted by Gasteiger charge is -2.21. The molecule has 0 saturated carbocycles. The molecule has 0 amide bonds. The first-order chi connectivity index (χ1) is 7.88. The summed E-state index contributed by atoms with van der Waals surface area (Å²) in [6.07, 6.45) is 2.75. The Balaban J connectivity index is 4.45. The van der Waals surface area contributed by atoms with Crippen LogP contribution in [0.5, 0.6) is 0 Å². The number of hydrogen-bond donors (Lipinski definition) is 3. The lowest BCUT2D eigenvalue weighted by atomic mass is 10.0. The maximum Gasteiger partial charge on any atom is 0.320 e. The third kappa shape index (κ3) is 7.23. The van der Waals surface area contributed by atoms with Gasteiger partial charge in [0.1, 0.15) is 12.1 Å². The normalized spacial score (nSPS) is 14.6. The summed E-state index contributed by atoms with van der Waals surface area (Å²) in [5.41, 5.74) is 0. The molecule has 0 aromatic rings. The van der Waals surface area contributed by atoms with Crippen molar-refractivity contribution >= 4 is 23.7 Å². The highest BCUT2D eigenvalue weighted by Crippen LogP contribution is 2.08. The number of hydrogen-bond acceptors (Lipinski definition) is 4. The van der Waals surface area contributed by atoms with E-state index >= 15 is 0 Å². The molecule has 2 atom stereocenters. The fourth-order valence-electron chi connectivity index (χ4n) is 1.47. The second kappa shape index (κ2) is 8.36. The number of carboxylic acid groups (broad SMARTS) is 2. The van der Waals surface area contributed by atoms with E-state index in [2.05, 4.69) is 5.32 Å². The van der Waals surface area contributed by atoms with Crippen LogP contribution in [-0.4, -0.2) is 46.2 Å². The van der Waals surface area contributed by atoms with Crippen molar-refractivity contribution in [2.75, 3.05) is 12.0 Å². The summed E-state index contributed by atoms with van der Waals surface area (Å²) < 4.78 is 0. The van der Waals surface area contributed by atoms with E-state index < -0.39 is 24.0 Å². The molecule has 0 rings (SSSR count). The smallest absolute Gasteiger partial charge is 0.320 e. The Hall–Kier alpha value is -0.750. The zero-order chi connectivity index (χ0) is 13.4. The van der Waals surface area contributed by atoms with Crippen LogP contribution >= 0.6 is 11.8 Å². The molecule has 0 aliphatic carbocycles. The van der Waals surface area contributed by atoms with Crippen LogP contribution in [-0.2, 0) is 9.59 Å². The van der Waals surface area contributed by atoms with E-state index in [9.17, 15) is 9.59 Å². The molecular weight excluding hydrogens is 242 g/mol. The maximum atomic E-state index is 11.0. The molecule has 0 aliphatic rings. The Labute approximate surface area is 106 Å². The van der Waals surface area contributed by atoms with Crippen molar-refractivity contribution in [3.05, 3.63) is 0 Å². The summed E-state index contributed by atoms with van der Waals surface area (Å²) in [4.78, 5) is 22.0. The molecule has 0 spiro atoms. The maximum absolute atomic E-state index is 11.0. The predicted octanol–water partition coefficient (Wildman–Crippen LogP) is 1.28. The number of carboxylic acids is 2. The number of thioether (sulfide) groups is 1. The average molecular weight is 263 g/mol. The van der Waals surface area contributed by atoms with Crippen molar-refractivity contribution in [1.82, 2.24) is 5.32 Å². The van der Waals surface area contributed by atoms with Crippen molar-refractivity contribution < 1.29 is 19.8 Å².